The maximum atomic E-state index is 12.2. The molecule has 1 saturated heterocycles. The maximum absolute atomic E-state index is 12.2. The van der Waals surface area contributed by atoms with Gasteiger partial charge >= 0.3 is 12.2 Å². The average Bonchev–Trinajstić information content (AvgIpc) is 2.72. The first-order chi connectivity index (χ1) is 14.4. The molecule has 0 aliphatic carbocycles. The summed E-state index contributed by atoms with van der Waals surface area (Å²) < 4.78 is 41.2. The van der Waals surface area contributed by atoms with Crippen molar-refractivity contribution in [3.8, 4) is 5.75 Å². The number of halogens is 3. The topological polar surface area (TPSA) is 53.6 Å². The smallest absolute Gasteiger partial charge is 0.422 e. The lowest BCUT2D eigenvalue weighted by Gasteiger charge is -2.33. The molecule has 8 heteroatoms. The van der Waals surface area contributed by atoms with Gasteiger partial charge < -0.3 is 15.4 Å². The summed E-state index contributed by atoms with van der Waals surface area (Å²) >= 11 is 0. The van der Waals surface area contributed by atoms with E-state index in [0.29, 0.717) is 0 Å². The highest BCUT2D eigenvalue weighted by atomic mass is 19.4. The van der Waals surface area contributed by atoms with E-state index in [1.54, 1.807) is 12.1 Å². The standard InChI is InChI=1S/C22H26F3N3O2/c23-22(24,25)16-30-20-10-8-17(9-11-20)13-26-21(29)27-19-7-4-12-28(15-19)14-18-5-2-1-3-6-18/h1-3,5-6,8-11,19H,4,7,12-16H2,(H2,26,27,29). The van der Waals surface area contributed by atoms with E-state index >= 15 is 0 Å². The highest BCUT2D eigenvalue weighted by Crippen LogP contribution is 2.19. The second-order valence-corrected chi connectivity index (χ2v) is 7.43. The van der Waals surface area contributed by atoms with Crippen molar-refractivity contribution in [2.24, 2.45) is 0 Å². The zero-order valence-electron chi connectivity index (χ0n) is 16.6. The molecule has 162 valence electrons. The predicted octanol–water partition coefficient (Wildman–Crippen LogP) is 4.09. The molecule has 30 heavy (non-hydrogen) atoms. The van der Waals surface area contributed by atoms with Crippen molar-refractivity contribution in [3.63, 3.8) is 0 Å². The van der Waals surface area contributed by atoms with Crippen molar-refractivity contribution in [1.29, 1.82) is 0 Å². The van der Waals surface area contributed by atoms with Crippen LogP contribution in [0.4, 0.5) is 18.0 Å². The lowest BCUT2D eigenvalue weighted by molar-refractivity contribution is -0.153. The van der Waals surface area contributed by atoms with Gasteiger partial charge in [0.1, 0.15) is 5.75 Å². The number of likely N-dealkylation sites (tertiary alicyclic amines) is 1. The fourth-order valence-electron chi connectivity index (χ4n) is 3.45. The molecule has 1 heterocycles. The summed E-state index contributed by atoms with van der Waals surface area (Å²) in [5, 5.41) is 5.81. The van der Waals surface area contributed by atoms with Crippen molar-refractivity contribution >= 4 is 6.03 Å². The Hall–Kier alpha value is -2.74. The van der Waals surface area contributed by atoms with E-state index in [1.165, 1.54) is 17.7 Å². The van der Waals surface area contributed by atoms with Gasteiger partial charge in [0.2, 0.25) is 0 Å². The molecule has 1 unspecified atom stereocenters. The number of nitrogens with zero attached hydrogens (tertiary/aromatic N) is 1. The van der Waals surface area contributed by atoms with Crippen molar-refractivity contribution in [2.45, 2.75) is 38.1 Å². The first-order valence-corrected chi connectivity index (χ1v) is 9.96. The van der Waals surface area contributed by atoms with Crippen LogP contribution in [-0.2, 0) is 13.1 Å². The van der Waals surface area contributed by atoms with Crippen LogP contribution in [0.3, 0.4) is 0 Å². The lowest BCUT2D eigenvalue weighted by atomic mass is 10.0. The van der Waals surface area contributed by atoms with Crippen LogP contribution in [0.5, 0.6) is 5.75 Å². The van der Waals surface area contributed by atoms with Crippen LogP contribution in [0.2, 0.25) is 0 Å². The monoisotopic (exact) mass is 421 g/mol. The van der Waals surface area contributed by atoms with Gasteiger partial charge in [-0.1, -0.05) is 42.5 Å². The second kappa shape index (κ2) is 10.3. The number of piperidine rings is 1. The Labute approximate surface area is 174 Å². The van der Waals surface area contributed by atoms with E-state index in [4.69, 9.17) is 0 Å². The number of urea groups is 1. The van der Waals surface area contributed by atoms with Crippen LogP contribution in [0, 0.1) is 0 Å². The first kappa shape index (κ1) is 22.0. The number of hydrogen-bond donors (Lipinski definition) is 2. The molecule has 2 N–H and O–H groups in total. The summed E-state index contributed by atoms with van der Waals surface area (Å²) in [6, 6.07) is 16.3. The van der Waals surface area contributed by atoms with Crippen LogP contribution >= 0.6 is 0 Å². The number of rotatable bonds is 7. The van der Waals surface area contributed by atoms with Crippen LogP contribution in [-0.4, -0.2) is 42.8 Å². The molecule has 1 aliphatic heterocycles. The Morgan fingerprint density at radius 1 is 1.07 bits per heavy atom. The Morgan fingerprint density at radius 3 is 2.50 bits per heavy atom. The largest absolute Gasteiger partial charge is 0.484 e. The lowest BCUT2D eigenvalue weighted by Crippen LogP contribution is -2.50. The number of carbonyl (C=O) groups excluding carboxylic acids is 1. The third-order valence-corrected chi connectivity index (χ3v) is 4.87. The SMILES string of the molecule is O=C(NCc1ccc(OCC(F)(F)F)cc1)NC1CCCN(Cc2ccccc2)C1. The van der Waals surface area contributed by atoms with E-state index in [2.05, 4.69) is 32.4 Å². The number of nitrogens with one attached hydrogen (secondary N) is 2. The molecule has 2 aromatic carbocycles. The summed E-state index contributed by atoms with van der Waals surface area (Å²) in [5.74, 6) is 0.140. The van der Waals surface area contributed by atoms with Crippen molar-refractivity contribution in [3.05, 3.63) is 65.7 Å². The van der Waals surface area contributed by atoms with Gasteiger partial charge in [-0.05, 0) is 42.6 Å². The van der Waals surface area contributed by atoms with Crippen molar-refractivity contribution < 1.29 is 22.7 Å². The summed E-state index contributed by atoms with van der Waals surface area (Å²) in [7, 11) is 0. The Morgan fingerprint density at radius 2 is 1.80 bits per heavy atom. The fraction of sp³-hybridized carbons (Fsp3) is 0.409. The van der Waals surface area contributed by atoms with Gasteiger partial charge in [0.15, 0.2) is 6.61 Å². The Balaban J connectivity index is 1.39. The van der Waals surface area contributed by atoms with Crippen LogP contribution < -0.4 is 15.4 Å². The van der Waals surface area contributed by atoms with Crippen LogP contribution in [0.1, 0.15) is 24.0 Å². The molecule has 0 radical (unpaired) electrons. The number of hydrogen-bond acceptors (Lipinski definition) is 3. The first-order valence-electron chi connectivity index (χ1n) is 9.96. The third kappa shape index (κ3) is 7.59. The summed E-state index contributed by atoms with van der Waals surface area (Å²) in [4.78, 5) is 14.6. The minimum Gasteiger partial charge on any atom is -0.484 e. The van der Waals surface area contributed by atoms with Gasteiger partial charge in [-0.2, -0.15) is 13.2 Å². The summed E-state index contributed by atoms with van der Waals surface area (Å²) in [5.41, 5.74) is 2.03. The number of ether oxygens (including phenoxy) is 1. The average molecular weight is 421 g/mol. The normalized spacial score (nSPS) is 17.4. The molecule has 2 aromatic rings. The molecule has 0 aromatic heterocycles. The van der Waals surface area contributed by atoms with Crippen LogP contribution in [0.25, 0.3) is 0 Å². The third-order valence-electron chi connectivity index (χ3n) is 4.87. The molecule has 2 amide bonds. The van der Waals surface area contributed by atoms with Gasteiger partial charge in [-0.3, -0.25) is 4.90 Å². The van der Waals surface area contributed by atoms with Gasteiger partial charge in [0, 0.05) is 25.7 Å². The molecule has 1 aliphatic rings. The van der Waals surface area contributed by atoms with Gasteiger partial charge in [-0.15, -0.1) is 0 Å². The van der Waals surface area contributed by atoms with E-state index in [0.717, 1.165) is 38.0 Å². The zero-order valence-corrected chi connectivity index (χ0v) is 16.6. The Bertz CT molecular complexity index is 798. The minimum absolute atomic E-state index is 0.0839. The Kier molecular flexibility index (Phi) is 7.57. The highest BCUT2D eigenvalue weighted by Gasteiger charge is 2.28. The number of amides is 2. The number of carbonyl (C=O) groups is 1. The molecule has 3 rings (SSSR count). The molecule has 0 saturated carbocycles. The van der Waals surface area contributed by atoms with E-state index in [-0.39, 0.29) is 24.4 Å². The molecule has 0 spiro atoms. The molecular formula is C22H26F3N3O2. The van der Waals surface area contributed by atoms with Crippen molar-refractivity contribution in [2.75, 3.05) is 19.7 Å². The predicted molar refractivity (Wildman–Crippen MR) is 108 cm³/mol. The van der Waals surface area contributed by atoms with Gasteiger partial charge in [-0.25, -0.2) is 4.79 Å². The summed E-state index contributed by atoms with van der Waals surface area (Å²) in [6.45, 7) is 1.63. The molecule has 1 fully saturated rings. The summed E-state index contributed by atoms with van der Waals surface area (Å²) in [6.07, 6.45) is -2.41. The van der Waals surface area contributed by atoms with E-state index in [9.17, 15) is 18.0 Å². The second-order valence-electron chi connectivity index (χ2n) is 7.43. The molecule has 1 atom stereocenters. The van der Waals surface area contributed by atoms with Gasteiger partial charge in [0.05, 0.1) is 0 Å². The molecular weight excluding hydrogens is 395 g/mol. The van der Waals surface area contributed by atoms with Gasteiger partial charge in [0.25, 0.3) is 0 Å². The minimum atomic E-state index is -4.37. The molecule has 5 nitrogen and oxygen atoms in total. The quantitative estimate of drug-likeness (QED) is 0.708. The maximum Gasteiger partial charge on any atom is 0.422 e. The van der Waals surface area contributed by atoms with Crippen molar-refractivity contribution in [1.82, 2.24) is 15.5 Å². The number of alkyl halides is 3. The fourth-order valence-corrected chi connectivity index (χ4v) is 3.45. The molecule has 0 bridgehead atoms. The zero-order chi connectivity index (χ0) is 21.4. The number of benzene rings is 2. The van der Waals surface area contributed by atoms with Crippen LogP contribution in [0.15, 0.2) is 54.6 Å². The van der Waals surface area contributed by atoms with E-state index < -0.39 is 12.8 Å². The highest BCUT2D eigenvalue weighted by molar-refractivity contribution is 5.74. The van der Waals surface area contributed by atoms with E-state index in [1.807, 2.05) is 18.2 Å².